The molecule has 2 aromatic carbocycles. The van der Waals surface area contributed by atoms with Crippen molar-refractivity contribution in [2.45, 2.75) is 0 Å². The van der Waals surface area contributed by atoms with Gasteiger partial charge in [0.05, 0.1) is 10.0 Å². The van der Waals surface area contributed by atoms with Crippen LogP contribution in [-0.4, -0.2) is 5.16 Å². The second kappa shape index (κ2) is 5.61. The van der Waals surface area contributed by atoms with Gasteiger partial charge in [-0.2, -0.15) is 0 Å². The minimum atomic E-state index is -0.371. The molecule has 21 heavy (non-hydrogen) atoms. The van der Waals surface area contributed by atoms with Crippen LogP contribution in [0.5, 0.6) is 0 Å². The summed E-state index contributed by atoms with van der Waals surface area (Å²) in [4.78, 5) is 0. The van der Waals surface area contributed by atoms with Gasteiger partial charge >= 0.3 is 0 Å². The Morgan fingerprint density at radius 2 is 1.76 bits per heavy atom. The average Bonchev–Trinajstić information content (AvgIpc) is 2.85. The fourth-order valence-electron chi connectivity index (χ4n) is 2.06. The molecule has 0 radical (unpaired) electrons. The maximum atomic E-state index is 13.7. The van der Waals surface area contributed by atoms with Crippen molar-refractivity contribution < 1.29 is 8.91 Å². The molecule has 1 heterocycles. The van der Waals surface area contributed by atoms with E-state index in [1.54, 1.807) is 12.1 Å². The molecule has 106 valence electrons. The molecular weight excluding hydrogens is 403 g/mol. The minimum Gasteiger partial charge on any atom is -0.380 e. The van der Waals surface area contributed by atoms with Gasteiger partial charge in [-0.05, 0) is 45.8 Å². The number of nitrogens with two attached hydrogens (primary N) is 1. The van der Waals surface area contributed by atoms with Gasteiger partial charge in [-0.1, -0.05) is 39.3 Å². The van der Waals surface area contributed by atoms with Crippen molar-refractivity contribution in [3.8, 4) is 22.5 Å². The van der Waals surface area contributed by atoms with Crippen LogP contribution in [-0.2, 0) is 0 Å². The lowest BCUT2D eigenvalue weighted by atomic mass is 10.0. The number of benzene rings is 2. The summed E-state index contributed by atoms with van der Waals surface area (Å²) in [5.41, 5.74) is 7.98. The van der Waals surface area contributed by atoms with Gasteiger partial charge in [-0.25, -0.2) is 4.39 Å². The lowest BCUT2D eigenvalue weighted by Crippen LogP contribution is -1.90. The lowest BCUT2D eigenvalue weighted by Gasteiger charge is -2.05. The van der Waals surface area contributed by atoms with Gasteiger partial charge < -0.3 is 10.3 Å². The van der Waals surface area contributed by atoms with Gasteiger partial charge in [0.1, 0.15) is 5.82 Å². The molecule has 2 N–H and O–H groups in total. The Balaban J connectivity index is 2.22. The van der Waals surface area contributed by atoms with Crippen LogP contribution in [0.3, 0.4) is 0 Å². The van der Waals surface area contributed by atoms with E-state index in [4.69, 9.17) is 10.3 Å². The third-order valence-electron chi connectivity index (χ3n) is 3.05. The molecule has 0 bridgehead atoms. The number of hydrogen-bond acceptors (Lipinski definition) is 3. The van der Waals surface area contributed by atoms with E-state index < -0.39 is 0 Å². The second-order valence-corrected chi connectivity index (χ2v) is 6.09. The van der Waals surface area contributed by atoms with Gasteiger partial charge in [0.25, 0.3) is 0 Å². The van der Waals surface area contributed by atoms with Crippen molar-refractivity contribution in [3.63, 3.8) is 0 Å². The topological polar surface area (TPSA) is 52.0 Å². The standard InChI is InChI=1S/C15H9Br2FN2O/c16-9-6-4-8(5-7-9)12-14(21-20-15(12)19)10-2-1-3-11(18)13(10)17/h1-7H,(H2,19,20). The van der Waals surface area contributed by atoms with E-state index in [1.165, 1.54) is 6.07 Å². The van der Waals surface area contributed by atoms with Crippen molar-refractivity contribution in [1.29, 1.82) is 0 Å². The van der Waals surface area contributed by atoms with Gasteiger partial charge in [0.2, 0.25) is 0 Å². The van der Waals surface area contributed by atoms with Crippen molar-refractivity contribution in [2.24, 2.45) is 0 Å². The van der Waals surface area contributed by atoms with Gasteiger partial charge in [0, 0.05) is 10.0 Å². The minimum absolute atomic E-state index is 0.267. The van der Waals surface area contributed by atoms with Crippen LogP contribution in [0.1, 0.15) is 0 Å². The zero-order valence-corrected chi connectivity index (χ0v) is 13.8. The SMILES string of the molecule is Nc1noc(-c2cccc(F)c2Br)c1-c1ccc(Br)cc1. The first-order chi connectivity index (χ1) is 10.1. The monoisotopic (exact) mass is 410 g/mol. The summed E-state index contributed by atoms with van der Waals surface area (Å²) >= 11 is 6.62. The maximum absolute atomic E-state index is 13.7. The van der Waals surface area contributed by atoms with Crippen molar-refractivity contribution >= 4 is 37.7 Å². The molecule has 1 aromatic heterocycles. The Morgan fingerprint density at radius 1 is 1.05 bits per heavy atom. The first-order valence-corrected chi connectivity index (χ1v) is 7.62. The van der Waals surface area contributed by atoms with E-state index in [2.05, 4.69) is 37.0 Å². The highest BCUT2D eigenvalue weighted by molar-refractivity contribution is 9.10. The molecule has 0 saturated carbocycles. The highest BCUT2D eigenvalue weighted by Gasteiger charge is 2.20. The summed E-state index contributed by atoms with van der Waals surface area (Å²) in [5, 5.41) is 3.81. The van der Waals surface area contributed by atoms with E-state index in [-0.39, 0.29) is 11.6 Å². The lowest BCUT2D eigenvalue weighted by molar-refractivity contribution is 0.435. The Morgan fingerprint density at radius 3 is 2.48 bits per heavy atom. The number of anilines is 1. The Bertz CT molecular complexity index is 800. The summed E-state index contributed by atoms with van der Waals surface area (Å²) < 4.78 is 20.3. The molecule has 0 spiro atoms. The van der Waals surface area contributed by atoms with Crippen molar-refractivity contribution in [1.82, 2.24) is 5.16 Å². The normalized spacial score (nSPS) is 10.8. The predicted octanol–water partition coefficient (Wildman–Crippen LogP) is 5.25. The van der Waals surface area contributed by atoms with Gasteiger partial charge in [0.15, 0.2) is 11.6 Å². The molecule has 0 saturated heterocycles. The number of hydrogen-bond donors (Lipinski definition) is 1. The molecule has 3 nitrogen and oxygen atoms in total. The molecular formula is C15H9Br2FN2O. The molecule has 3 aromatic rings. The molecule has 6 heteroatoms. The van der Waals surface area contributed by atoms with Crippen molar-refractivity contribution in [2.75, 3.05) is 5.73 Å². The zero-order valence-electron chi connectivity index (χ0n) is 10.6. The second-order valence-electron chi connectivity index (χ2n) is 4.38. The first-order valence-electron chi connectivity index (χ1n) is 6.03. The van der Waals surface area contributed by atoms with E-state index >= 15 is 0 Å². The van der Waals surface area contributed by atoms with Crippen LogP contribution in [0.2, 0.25) is 0 Å². The number of rotatable bonds is 2. The number of halogens is 3. The summed E-state index contributed by atoms with van der Waals surface area (Å²) in [6, 6.07) is 12.3. The molecule has 0 aliphatic carbocycles. The maximum Gasteiger partial charge on any atom is 0.178 e. The fraction of sp³-hybridized carbons (Fsp3) is 0. The Labute approximate surface area is 137 Å². The molecule has 3 rings (SSSR count). The van der Waals surface area contributed by atoms with E-state index in [0.717, 1.165) is 10.0 Å². The largest absolute Gasteiger partial charge is 0.380 e. The predicted molar refractivity (Wildman–Crippen MR) is 87.1 cm³/mol. The van der Waals surface area contributed by atoms with Gasteiger partial charge in [-0.15, -0.1) is 0 Å². The van der Waals surface area contributed by atoms with Crippen LogP contribution in [0.25, 0.3) is 22.5 Å². The summed E-state index contributed by atoms with van der Waals surface area (Å²) in [6.07, 6.45) is 0. The number of aromatic nitrogens is 1. The van der Waals surface area contributed by atoms with Crippen molar-refractivity contribution in [3.05, 3.63) is 57.2 Å². The molecule has 0 unspecified atom stereocenters. The van der Waals surface area contributed by atoms with E-state index in [0.29, 0.717) is 21.4 Å². The third kappa shape index (κ3) is 2.61. The number of nitrogens with zero attached hydrogens (tertiary/aromatic N) is 1. The molecule has 0 amide bonds. The average molecular weight is 412 g/mol. The quantitative estimate of drug-likeness (QED) is 0.626. The van der Waals surface area contributed by atoms with E-state index in [9.17, 15) is 4.39 Å². The smallest absolute Gasteiger partial charge is 0.178 e. The van der Waals surface area contributed by atoms with Crippen LogP contribution in [0, 0.1) is 5.82 Å². The van der Waals surface area contributed by atoms with Crippen LogP contribution in [0.4, 0.5) is 10.2 Å². The molecule has 0 aliphatic rings. The molecule has 0 atom stereocenters. The summed E-state index contributed by atoms with van der Waals surface area (Å²) in [7, 11) is 0. The zero-order chi connectivity index (χ0) is 15.0. The highest BCUT2D eigenvalue weighted by Crippen LogP contribution is 2.40. The third-order valence-corrected chi connectivity index (χ3v) is 4.38. The Hall–Kier alpha value is -1.66. The highest BCUT2D eigenvalue weighted by atomic mass is 79.9. The summed E-state index contributed by atoms with van der Waals surface area (Å²) in [6.45, 7) is 0. The molecule has 0 fully saturated rings. The Kier molecular flexibility index (Phi) is 3.82. The van der Waals surface area contributed by atoms with Crippen LogP contribution < -0.4 is 5.73 Å². The van der Waals surface area contributed by atoms with Crippen LogP contribution >= 0.6 is 31.9 Å². The first kappa shape index (κ1) is 14.3. The molecule has 0 aliphatic heterocycles. The summed E-state index contributed by atoms with van der Waals surface area (Å²) in [5.74, 6) is 0.328. The number of nitrogen functional groups attached to an aromatic ring is 1. The van der Waals surface area contributed by atoms with E-state index in [1.807, 2.05) is 24.3 Å². The van der Waals surface area contributed by atoms with Gasteiger partial charge in [-0.3, -0.25) is 0 Å². The van der Waals surface area contributed by atoms with Crippen LogP contribution in [0.15, 0.2) is 55.9 Å². The fourth-order valence-corrected chi connectivity index (χ4v) is 2.77.